The molecule has 0 aromatic carbocycles. The highest BCUT2D eigenvalue weighted by atomic mass is 16.7. The third-order valence-corrected chi connectivity index (χ3v) is 1.01. The van der Waals surface area contributed by atoms with Crippen molar-refractivity contribution in [1.29, 1.82) is 0 Å². The Bertz CT molecular complexity index is 91.7. The first-order valence-electron chi connectivity index (χ1n) is 2.55. The maximum atomic E-state index is 9.95. The summed E-state index contributed by atoms with van der Waals surface area (Å²) in [5, 5.41) is 0. The first kappa shape index (κ1) is 5.72. The van der Waals surface area contributed by atoms with Crippen molar-refractivity contribution in [2.45, 2.75) is 19.3 Å². The van der Waals surface area contributed by atoms with Gasteiger partial charge in [-0.25, -0.2) is 0 Å². The Labute approximate surface area is 47.6 Å². The molecule has 1 fully saturated rings. The smallest absolute Gasteiger partial charge is 0.156 e. The molecule has 3 heteroatoms. The highest BCUT2D eigenvalue weighted by Gasteiger charge is 2.20. The second kappa shape index (κ2) is 2.24. The van der Waals surface area contributed by atoms with Gasteiger partial charge in [-0.05, 0) is 6.92 Å². The molecule has 0 amide bonds. The molecule has 8 heavy (non-hydrogen) atoms. The summed E-state index contributed by atoms with van der Waals surface area (Å²) >= 11 is 0. The second-order valence-corrected chi connectivity index (χ2v) is 1.71. The Balaban J connectivity index is 2.32. The van der Waals surface area contributed by atoms with Gasteiger partial charge in [-0.1, -0.05) is 0 Å². The van der Waals surface area contributed by atoms with E-state index >= 15 is 0 Å². The monoisotopic (exact) mass is 116 g/mol. The van der Waals surface area contributed by atoms with Crippen molar-refractivity contribution in [1.82, 2.24) is 0 Å². The lowest BCUT2D eigenvalue weighted by Crippen LogP contribution is -2.11. The fourth-order valence-corrected chi connectivity index (χ4v) is 0.626. The maximum Gasteiger partial charge on any atom is 0.156 e. The van der Waals surface area contributed by atoms with Crippen molar-refractivity contribution in [3.8, 4) is 0 Å². The molecule has 46 valence electrons. The van der Waals surface area contributed by atoms with E-state index in [1.54, 1.807) is 6.92 Å². The molecule has 0 spiro atoms. The SMILES string of the molecule is CC1OC[C@@H](C=O)O1. The van der Waals surface area contributed by atoms with Gasteiger partial charge in [-0.2, -0.15) is 0 Å². The predicted molar refractivity (Wildman–Crippen MR) is 26.4 cm³/mol. The molecule has 1 aliphatic rings. The van der Waals surface area contributed by atoms with Crippen molar-refractivity contribution < 1.29 is 14.3 Å². The molecule has 2 atom stereocenters. The van der Waals surface area contributed by atoms with Gasteiger partial charge in [0.1, 0.15) is 6.10 Å². The fraction of sp³-hybridized carbons (Fsp3) is 0.800. The minimum absolute atomic E-state index is 0.204. The van der Waals surface area contributed by atoms with Crippen molar-refractivity contribution >= 4 is 6.29 Å². The van der Waals surface area contributed by atoms with Crippen LogP contribution in [0.2, 0.25) is 0 Å². The van der Waals surface area contributed by atoms with E-state index in [-0.39, 0.29) is 12.4 Å². The van der Waals surface area contributed by atoms with Gasteiger partial charge in [0.15, 0.2) is 12.6 Å². The van der Waals surface area contributed by atoms with Crippen LogP contribution < -0.4 is 0 Å². The zero-order chi connectivity index (χ0) is 5.98. The van der Waals surface area contributed by atoms with Crippen molar-refractivity contribution in [3.05, 3.63) is 0 Å². The van der Waals surface area contributed by atoms with Crippen molar-refractivity contribution in [2.75, 3.05) is 6.61 Å². The van der Waals surface area contributed by atoms with Gasteiger partial charge in [0.25, 0.3) is 0 Å². The summed E-state index contributed by atoms with van der Waals surface area (Å²) in [6.07, 6.45) is 0.221. The van der Waals surface area contributed by atoms with E-state index in [9.17, 15) is 4.79 Å². The molecule has 1 heterocycles. The van der Waals surface area contributed by atoms with E-state index in [0.717, 1.165) is 6.29 Å². The molecule has 0 aromatic heterocycles. The van der Waals surface area contributed by atoms with E-state index < -0.39 is 0 Å². The van der Waals surface area contributed by atoms with Gasteiger partial charge in [0, 0.05) is 0 Å². The largest absolute Gasteiger partial charge is 0.350 e. The first-order chi connectivity index (χ1) is 3.83. The van der Waals surface area contributed by atoms with Gasteiger partial charge in [-0.15, -0.1) is 0 Å². The molecule has 1 rings (SSSR count). The minimum atomic E-state index is -0.329. The van der Waals surface area contributed by atoms with E-state index in [2.05, 4.69) is 0 Å². The third-order valence-electron chi connectivity index (χ3n) is 1.01. The van der Waals surface area contributed by atoms with Crippen LogP contribution in [0.25, 0.3) is 0 Å². The Morgan fingerprint density at radius 1 is 1.75 bits per heavy atom. The molecule has 0 aromatic rings. The van der Waals surface area contributed by atoms with E-state index in [4.69, 9.17) is 9.47 Å². The van der Waals surface area contributed by atoms with E-state index in [1.807, 2.05) is 0 Å². The van der Waals surface area contributed by atoms with Crippen LogP contribution in [0.15, 0.2) is 0 Å². The topological polar surface area (TPSA) is 35.5 Å². The van der Waals surface area contributed by atoms with Crippen LogP contribution in [0, 0.1) is 0 Å². The molecule has 3 nitrogen and oxygen atoms in total. The van der Waals surface area contributed by atoms with Crippen LogP contribution >= 0.6 is 0 Å². The molecule has 0 N–H and O–H groups in total. The molecular formula is C5H8O3. The van der Waals surface area contributed by atoms with Crippen LogP contribution in [-0.2, 0) is 14.3 Å². The molecular weight excluding hydrogens is 108 g/mol. The normalized spacial score (nSPS) is 37.6. The van der Waals surface area contributed by atoms with Gasteiger partial charge < -0.3 is 14.3 Å². The van der Waals surface area contributed by atoms with Crippen molar-refractivity contribution in [2.24, 2.45) is 0 Å². The fourth-order valence-electron chi connectivity index (χ4n) is 0.626. The standard InChI is InChI=1S/C5H8O3/c1-4-7-3-5(2-6)8-4/h2,4-5H,3H2,1H3/t4?,5-/m1/s1. The lowest BCUT2D eigenvalue weighted by molar-refractivity contribution is -0.118. The number of aldehydes is 1. The zero-order valence-corrected chi connectivity index (χ0v) is 4.66. The highest BCUT2D eigenvalue weighted by Crippen LogP contribution is 2.07. The molecule has 1 aliphatic heterocycles. The summed E-state index contributed by atoms with van der Waals surface area (Å²) in [7, 11) is 0. The Morgan fingerprint density at radius 2 is 2.50 bits per heavy atom. The molecule has 1 unspecified atom stereocenters. The quantitative estimate of drug-likeness (QED) is 0.450. The lowest BCUT2D eigenvalue weighted by Gasteiger charge is -1.97. The zero-order valence-electron chi connectivity index (χ0n) is 4.66. The Kier molecular flexibility index (Phi) is 1.60. The lowest BCUT2D eigenvalue weighted by atomic mass is 10.4. The summed E-state index contributed by atoms with van der Waals surface area (Å²) in [5.41, 5.74) is 0. The molecule has 1 saturated heterocycles. The maximum absolute atomic E-state index is 9.95. The second-order valence-electron chi connectivity index (χ2n) is 1.71. The average Bonchev–Trinajstić information content (AvgIpc) is 2.14. The number of hydrogen-bond donors (Lipinski definition) is 0. The van der Waals surface area contributed by atoms with Crippen molar-refractivity contribution in [3.63, 3.8) is 0 Å². The predicted octanol–water partition coefficient (Wildman–Crippen LogP) is -0.0533. The van der Waals surface area contributed by atoms with Gasteiger partial charge in [0.05, 0.1) is 6.61 Å². The number of carbonyl (C=O) groups excluding carboxylic acids is 1. The number of hydrogen-bond acceptors (Lipinski definition) is 3. The van der Waals surface area contributed by atoms with Crippen LogP contribution in [0.5, 0.6) is 0 Å². The molecule has 0 saturated carbocycles. The number of ether oxygens (including phenoxy) is 2. The summed E-state index contributed by atoms with van der Waals surface area (Å²) in [4.78, 5) is 9.95. The van der Waals surface area contributed by atoms with Gasteiger partial charge in [0.2, 0.25) is 0 Å². The molecule has 0 bridgehead atoms. The van der Waals surface area contributed by atoms with Crippen LogP contribution in [0.4, 0.5) is 0 Å². The van der Waals surface area contributed by atoms with Crippen LogP contribution in [-0.4, -0.2) is 25.3 Å². The van der Waals surface area contributed by atoms with E-state index in [1.165, 1.54) is 0 Å². The highest BCUT2D eigenvalue weighted by molar-refractivity contribution is 5.56. The van der Waals surface area contributed by atoms with Crippen LogP contribution in [0.1, 0.15) is 6.92 Å². The Hall–Kier alpha value is -0.410. The Morgan fingerprint density at radius 3 is 2.75 bits per heavy atom. The van der Waals surface area contributed by atoms with Gasteiger partial charge >= 0.3 is 0 Å². The average molecular weight is 116 g/mol. The van der Waals surface area contributed by atoms with Gasteiger partial charge in [-0.3, -0.25) is 0 Å². The minimum Gasteiger partial charge on any atom is -0.350 e. The summed E-state index contributed by atoms with van der Waals surface area (Å²) in [6.45, 7) is 2.17. The summed E-state index contributed by atoms with van der Waals surface area (Å²) < 4.78 is 9.82. The molecule has 0 aliphatic carbocycles. The third kappa shape index (κ3) is 1.05. The summed E-state index contributed by atoms with van der Waals surface area (Å²) in [5.74, 6) is 0. The van der Waals surface area contributed by atoms with Crippen LogP contribution in [0.3, 0.4) is 0 Å². The molecule has 0 radical (unpaired) electrons. The first-order valence-corrected chi connectivity index (χ1v) is 2.55. The van der Waals surface area contributed by atoms with E-state index in [0.29, 0.717) is 6.61 Å². The number of rotatable bonds is 1. The number of carbonyl (C=O) groups is 1. The summed E-state index contributed by atoms with van der Waals surface area (Å²) in [6, 6.07) is 0.